The summed E-state index contributed by atoms with van der Waals surface area (Å²) in [4.78, 5) is 11.3. The number of rotatable bonds is 3. The summed E-state index contributed by atoms with van der Waals surface area (Å²) >= 11 is 1.78. The molecule has 0 saturated carbocycles. The minimum atomic E-state index is 0.628. The van der Waals surface area contributed by atoms with Crippen molar-refractivity contribution in [3.05, 3.63) is 46.2 Å². The van der Waals surface area contributed by atoms with Crippen molar-refractivity contribution in [1.82, 2.24) is 14.9 Å². The summed E-state index contributed by atoms with van der Waals surface area (Å²) in [6.07, 6.45) is 6.41. The smallest absolute Gasteiger partial charge is 0.107 e. The number of hydrogen-bond donors (Lipinski definition) is 0. The third kappa shape index (κ3) is 3.19. The Hall–Kier alpha value is -1.26. The molecule has 100 valence electrons. The third-order valence-electron chi connectivity index (χ3n) is 3.69. The van der Waals surface area contributed by atoms with Crippen molar-refractivity contribution in [1.29, 1.82) is 0 Å². The molecule has 3 nitrogen and oxygen atoms in total. The number of piperidine rings is 1. The van der Waals surface area contributed by atoms with Gasteiger partial charge in [-0.1, -0.05) is 6.07 Å². The van der Waals surface area contributed by atoms with Gasteiger partial charge >= 0.3 is 0 Å². The molecule has 0 aromatic carbocycles. The highest BCUT2D eigenvalue weighted by atomic mass is 32.1. The lowest BCUT2D eigenvalue weighted by molar-refractivity contribution is 0.200. The molecule has 19 heavy (non-hydrogen) atoms. The maximum absolute atomic E-state index is 4.57. The zero-order valence-corrected chi connectivity index (χ0v) is 12.1. The van der Waals surface area contributed by atoms with Crippen LogP contribution >= 0.6 is 11.3 Å². The van der Waals surface area contributed by atoms with E-state index < -0.39 is 0 Å². The second-order valence-corrected chi connectivity index (χ2v) is 6.19. The Kier molecular flexibility index (Phi) is 3.89. The summed E-state index contributed by atoms with van der Waals surface area (Å²) in [5, 5.41) is 3.38. The van der Waals surface area contributed by atoms with Gasteiger partial charge in [-0.2, -0.15) is 0 Å². The standard InChI is InChI=1S/C15H19N3S/c1-12-11-19-15(17-12)10-18-7-3-5-14(9-18)13-4-2-6-16-8-13/h2,4,6,8,11,14H,3,5,7,9-10H2,1H3/t14-/m0/s1. The van der Waals surface area contributed by atoms with Crippen LogP contribution in [0.4, 0.5) is 0 Å². The first-order valence-electron chi connectivity index (χ1n) is 6.84. The fourth-order valence-electron chi connectivity index (χ4n) is 2.76. The van der Waals surface area contributed by atoms with Crippen LogP contribution in [0.15, 0.2) is 29.9 Å². The van der Waals surface area contributed by atoms with Crippen LogP contribution in [-0.2, 0) is 6.54 Å². The second-order valence-electron chi connectivity index (χ2n) is 5.24. The minimum absolute atomic E-state index is 0.628. The molecule has 0 amide bonds. The Labute approximate surface area is 118 Å². The highest BCUT2D eigenvalue weighted by Gasteiger charge is 2.22. The molecule has 0 radical (unpaired) electrons. The monoisotopic (exact) mass is 273 g/mol. The topological polar surface area (TPSA) is 29.0 Å². The van der Waals surface area contributed by atoms with Crippen molar-refractivity contribution >= 4 is 11.3 Å². The molecule has 2 aromatic rings. The lowest BCUT2D eigenvalue weighted by Crippen LogP contribution is -2.33. The number of aryl methyl sites for hydroxylation is 1. The van der Waals surface area contributed by atoms with E-state index in [2.05, 4.69) is 33.2 Å². The average Bonchev–Trinajstić information content (AvgIpc) is 2.85. The molecule has 3 heterocycles. The zero-order valence-electron chi connectivity index (χ0n) is 11.2. The van der Waals surface area contributed by atoms with Gasteiger partial charge in [0.15, 0.2) is 0 Å². The molecule has 1 fully saturated rings. The van der Waals surface area contributed by atoms with E-state index in [1.54, 1.807) is 11.3 Å². The first-order chi connectivity index (χ1) is 9.31. The summed E-state index contributed by atoms with van der Waals surface area (Å²) in [7, 11) is 0. The third-order valence-corrected chi connectivity index (χ3v) is 4.64. The summed E-state index contributed by atoms with van der Waals surface area (Å²) < 4.78 is 0. The quantitative estimate of drug-likeness (QED) is 0.859. The Morgan fingerprint density at radius 3 is 3.16 bits per heavy atom. The van der Waals surface area contributed by atoms with Gasteiger partial charge in [-0.3, -0.25) is 9.88 Å². The van der Waals surface area contributed by atoms with Gasteiger partial charge in [0, 0.05) is 30.0 Å². The van der Waals surface area contributed by atoms with E-state index in [-0.39, 0.29) is 0 Å². The number of thiazole rings is 1. The highest BCUT2D eigenvalue weighted by Crippen LogP contribution is 2.27. The predicted molar refractivity (Wildman–Crippen MR) is 78.3 cm³/mol. The zero-order chi connectivity index (χ0) is 13.1. The van der Waals surface area contributed by atoms with E-state index in [0.29, 0.717) is 5.92 Å². The number of aromatic nitrogens is 2. The van der Waals surface area contributed by atoms with Gasteiger partial charge < -0.3 is 0 Å². The van der Waals surface area contributed by atoms with Gasteiger partial charge in [-0.15, -0.1) is 11.3 Å². The van der Waals surface area contributed by atoms with Gasteiger partial charge in [-0.25, -0.2) is 4.98 Å². The molecule has 0 spiro atoms. The predicted octanol–water partition coefficient (Wildman–Crippen LogP) is 3.23. The maximum atomic E-state index is 4.57. The van der Waals surface area contributed by atoms with Crippen molar-refractivity contribution in [3.63, 3.8) is 0 Å². The van der Waals surface area contributed by atoms with Gasteiger partial charge in [-0.05, 0) is 43.9 Å². The number of nitrogens with zero attached hydrogens (tertiary/aromatic N) is 3. The van der Waals surface area contributed by atoms with Crippen LogP contribution in [-0.4, -0.2) is 28.0 Å². The summed E-state index contributed by atoms with van der Waals surface area (Å²) in [5.41, 5.74) is 2.52. The molecule has 0 aliphatic carbocycles. The van der Waals surface area contributed by atoms with Crippen LogP contribution in [0.25, 0.3) is 0 Å². The number of pyridine rings is 1. The lowest BCUT2D eigenvalue weighted by atomic mass is 9.92. The van der Waals surface area contributed by atoms with Crippen molar-refractivity contribution in [3.8, 4) is 0 Å². The molecule has 1 atom stereocenters. The van der Waals surface area contributed by atoms with Crippen LogP contribution in [0.2, 0.25) is 0 Å². The number of likely N-dealkylation sites (tertiary alicyclic amines) is 1. The normalized spacial score (nSPS) is 20.6. The van der Waals surface area contributed by atoms with Gasteiger partial charge in [0.05, 0.1) is 6.54 Å². The Morgan fingerprint density at radius 2 is 2.42 bits per heavy atom. The van der Waals surface area contributed by atoms with Crippen LogP contribution in [0.3, 0.4) is 0 Å². The second kappa shape index (κ2) is 5.80. The summed E-state index contributed by atoms with van der Waals surface area (Å²) in [6, 6.07) is 4.24. The van der Waals surface area contributed by atoms with Crippen molar-refractivity contribution in [2.75, 3.05) is 13.1 Å². The lowest BCUT2D eigenvalue weighted by Gasteiger charge is -2.32. The van der Waals surface area contributed by atoms with Crippen LogP contribution in [0.5, 0.6) is 0 Å². The largest absolute Gasteiger partial charge is 0.296 e. The molecular weight excluding hydrogens is 254 g/mol. The molecule has 0 N–H and O–H groups in total. The molecule has 1 saturated heterocycles. The van der Waals surface area contributed by atoms with Crippen LogP contribution in [0, 0.1) is 6.92 Å². The van der Waals surface area contributed by atoms with Gasteiger partial charge in [0.1, 0.15) is 5.01 Å². The van der Waals surface area contributed by atoms with Crippen LogP contribution < -0.4 is 0 Å². The van der Waals surface area contributed by atoms with E-state index in [4.69, 9.17) is 0 Å². The first kappa shape index (κ1) is 12.8. The Balaban J connectivity index is 1.65. The van der Waals surface area contributed by atoms with E-state index in [9.17, 15) is 0 Å². The molecule has 2 aromatic heterocycles. The highest BCUT2D eigenvalue weighted by molar-refractivity contribution is 7.09. The molecule has 1 aliphatic heterocycles. The average molecular weight is 273 g/mol. The molecule has 1 aliphatic rings. The van der Waals surface area contributed by atoms with E-state index in [1.165, 1.54) is 30.0 Å². The fourth-order valence-corrected chi connectivity index (χ4v) is 3.57. The Morgan fingerprint density at radius 1 is 1.47 bits per heavy atom. The SMILES string of the molecule is Cc1csc(CN2CCC[C@H](c3cccnc3)C2)n1. The summed E-state index contributed by atoms with van der Waals surface area (Å²) in [6.45, 7) is 5.38. The van der Waals surface area contributed by atoms with Crippen molar-refractivity contribution < 1.29 is 0 Å². The molecular formula is C15H19N3S. The van der Waals surface area contributed by atoms with Gasteiger partial charge in [0.2, 0.25) is 0 Å². The molecule has 0 unspecified atom stereocenters. The fraction of sp³-hybridized carbons (Fsp3) is 0.467. The Bertz CT molecular complexity index is 523. The summed E-state index contributed by atoms with van der Waals surface area (Å²) in [5.74, 6) is 0.628. The maximum Gasteiger partial charge on any atom is 0.107 e. The van der Waals surface area contributed by atoms with E-state index >= 15 is 0 Å². The minimum Gasteiger partial charge on any atom is -0.296 e. The van der Waals surface area contributed by atoms with E-state index in [1.807, 2.05) is 18.5 Å². The van der Waals surface area contributed by atoms with Crippen LogP contribution in [0.1, 0.15) is 35.0 Å². The van der Waals surface area contributed by atoms with Crippen molar-refractivity contribution in [2.45, 2.75) is 32.2 Å². The van der Waals surface area contributed by atoms with E-state index in [0.717, 1.165) is 18.8 Å². The van der Waals surface area contributed by atoms with Gasteiger partial charge in [0.25, 0.3) is 0 Å². The molecule has 0 bridgehead atoms. The molecule has 3 rings (SSSR count). The van der Waals surface area contributed by atoms with Crippen molar-refractivity contribution in [2.24, 2.45) is 0 Å². The number of hydrogen-bond acceptors (Lipinski definition) is 4. The molecule has 4 heteroatoms. The first-order valence-corrected chi connectivity index (χ1v) is 7.72.